The molecule has 1 N–H and O–H groups in total. The highest BCUT2D eigenvalue weighted by molar-refractivity contribution is 7.16. The van der Waals surface area contributed by atoms with E-state index < -0.39 is 0 Å². The largest absolute Gasteiger partial charge is 0.308 e. The molecule has 0 amide bonds. The fraction of sp³-hybridized carbons (Fsp3) is 0.692. The molecular formula is C13H21ClN2S. The van der Waals surface area contributed by atoms with Crippen LogP contribution in [0, 0.1) is 0 Å². The molecule has 2 rings (SSSR count). The van der Waals surface area contributed by atoms with Gasteiger partial charge in [-0.2, -0.15) is 0 Å². The molecule has 1 aromatic heterocycles. The second kappa shape index (κ2) is 6.19. The van der Waals surface area contributed by atoms with Crippen LogP contribution in [0.4, 0.5) is 0 Å². The molecule has 1 aromatic rings. The Morgan fingerprint density at radius 1 is 1.53 bits per heavy atom. The van der Waals surface area contributed by atoms with Crippen molar-refractivity contribution < 1.29 is 0 Å². The minimum atomic E-state index is 0.405. The van der Waals surface area contributed by atoms with Gasteiger partial charge in [0.2, 0.25) is 0 Å². The van der Waals surface area contributed by atoms with E-state index in [0.29, 0.717) is 12.1 Å². The molecule has 0 radical (unpaired) electrons. The summed E-state index contributed by atoms with van der Waals surface area (Å²) in [5.74, 6) is 0. The predicted molar refractivity (Wildman–Crippen MR) is 76.0 cm³/mol. The fourth-order valence-electron chi connectivity index (χ4n) is 2.38. The minimum absolute atomic E-state index is 0.405. The molecule has 0 bridgehead atoms. The maximum atomic E-state index is 5.96. The monoisotopic (exact) mass is 272 g/mol. The molecule has 2 heterocycles. The molecule has 96 valence electrons. The van der Waals surface area contributed by atoms with Gasteiger partial charge in [0.15, 0.2) is 0 Å². The van der Waals surface area contributed by atoms with Crippen LogP contribution in [0.25, 0.3) is 0 Å². The third-order valence-corrected chi connectivity index (χ3v) is 5.02. The van der Waals surface area contributed by atoms with Crippen molar-refractivity contribution in [3.8, 4) is 0 Å². The fourth-order valence-corrected chi connectivity index (χ4v) is 3.46. The van der Waals surface area contributed by atoms with Crippen LogP contribution in [-0.4, -0.2) is 31.1 Å². The van der Waals surface area contributed by atoms with Crippen LogP contribution in [-0.2, 0) is 0 Å². The molecule has 2 atom stereocenters. The predicted octanol–water partition coefficient (Wildman–Crippen LogP) is 3.54. The van der Waals surface area contributed by atoms with Gasteiger partial charge < -0.3 is 10.2 Å². The summed E-state index contributed by atoms with van der Waals surface area (Å²) in [5.41, 5.74) is 0. The van der Waals surface area contributed by atoms with Crippen LogP contribution in [0.1, 0.15) is 37.1 Å². The molecule has 2 nitrogen and oxygen atoms in total. The Bertz CT molecular complexity index is 353. The Morgan fingerprint density at radius 2 is 2.35 bits per heavy atom. The first-order valence-electron chi connectivity index (χ1n) is 6.35. The maximum absolute atomic E-state index is 5.96. The van der Waals surface area contributed by atoms with Gasteiger partial charge in [0, 0.05) is 23.5 Å². The summed E-state index contributed by atoms with van der Waals surface area (Å²) in [6.45, 7) is 4.53. The molecule has 1 saturated heterocycles. The Hall–Kier alpha value is -0.0900. The van der Waals surface area contributed by atoms with E-state index in [2.05, 4.69) is 30.3 Å². The summed E-state index contributed by atoms with van der Waals surface area (Å²) >= 11 is 7.63. The smallest absolute Gasteiger partial charge is 0.0931 e. The summed E-state index contributed by atoms with van der Waals surface area (Å²) in [4.78, 5) is 3.80. The third kappa shape index (κ3) is 3.68. The minimum Gasteiger partial charge on any atom is -0.308 e. The van der Waals surface area contributed by atoms with Crippen molar-refractivity contribution in [2.24, 2.45) is 0 Å². The normalized spacial score (nSPS) is 23.8. The maximum Gasteiger partial charge on any atom is 0.0931 e. The van der Waals surface area contributed by atoms with Crippen molar-refractivity contribution in [1.82, 2.24) is 10.2 Å². The van der Waals surface area contributed by atoms with E-state index in [-0.39, 0.29) is 0 Å². The first-order chi connectivity index (χ1) is 8.16. The van der Waals surface area contributed by atoms with Crippen molar-refractivity contribution in [2.75, 3.05) is 20.1 Å². The lowest BCUT2D eigenvalue weighted by Crippen LogP contribution is -2.43. The first kappa shape index (κ1) is 13.3. The number of piperidine rings is 1. The number of nitrogens with zero attached hydrogens (tertiary/aromatic N) is 1. The summed E-state index contributed by atoms with van der Waals surface area (Å²) < 4.78 is 0.878. The highest BCUT2D eigenvalue weighted by Crippen LogP contribution is 2.26. The van der Waals surface area contributed by atoms with Gasteiger partial charge in [0.1, 0.15) is 0 Å². The molecule has 1 aliphatic rings. The number of nitrogens with one attached hydrogen (secondary N) is 1. The summed E-state index contributed by atoms with van der Waals surface area (Å²) in [5, 5.41) is 3.62. The van der Waals surface area contributed by atoms with Crippen LogP contribution in [0.2, 0.25) is 4.34 Å². The Kier molecular flexibility index (Phi) is 4.86. The summed E-state index contributed by atoms with van der Waals surface area (Å²) in [7, 11) is 2.23. The lowest BCUT2D eigenvalue weighted by atomic mass is 10.0. The second-order valence-electron chi connectivity index (χ2n) is 4.90. The van der Waals surface area contributed by atoms with Crippen LogP contribution < -0.4 is 5.32 Å². The van der Waals surface area contributed by atoms with Gasteiger partial charge in [-0.25, -0.2) is 0 Å². The van der Waals surface area contributed by atoms with Crippen LogP contribution in [0.3, 0.4) is 0 Å². The molecule has 0 aliphatic carbocycles. The number of thiophene rings is 1. The Morgan fingerprint density at radius 3 is 3.00 bits per heavy atom. The molecular weight excluding hydrogens is 252 g/mol. The second-order valence-corrected chi connectivity index (χ2v) is 6.65. The first-order valence-corrected chi connectivity index (χ1v) is 7.55. The molecule has 1 fully saturated rings. The highest BCUT2D eigenvalue weighted by Gasteiger charge is 2.19. The average molecular weight is 273 g/mol. The molecule has 2 unspecified atom stereocenters. The molecule has 17 heavy (non-hydrogen) atoms. The zero-order valence-electron chi connectivity index (χ0n) is 10.6. The van der Waals surface area contributed by atoms with Gasteiger partial charge in [0.25, 0.3) is 0 Å². The lowest BCUT2D eigenvalue weighted by molar-refractivity contribution is 0.179. The number of likely N-dealkylation sites (N-methyl/N-ethyl adjacent to an activating group) is 1. The van der Waals surface area contributed by atoms with Crippen molar-refractivity contribution in [3.05, 3.63) is 21.3 Å². The number of hydrogen-bond donors (Lipinski definition) is 1. The SMILES string of the molecule is CC(NCC1CCCCN1C)c1ccc(Cl)s1. The quantitative estimate of drug-likeness (QED) is 0.902. The van der Waals surface area contributed by atoms with E-state index in [1.807, 2.05) is 6.07 Å². The number of hydrogen-bond acceptors (Lipinski definition) is 3. The van der Waals surface area contributed by atoms with Gasteiger partial charge in [0.05, 0.1) is 4.34 Å². The number of likely N-dealkylation sites (tertiary alicyclic amines) is 1. The van der Waals surface area contributed by atoms with Gasteiger partial charge in [-0.1, -0.05) is 18.0 Å². The van der Waals surface area contributed by atoms with Gasteiger partial charge in [-0.15, -0.1) is 11.3 Å². The summed E-state index contributed by atoms with van der Waals surface area (Å²) in [6.07, 6.45) is 4.04. The molecule has 4 heteroatoms. The van der Waals surface area contributed by atoms with Crippen molar-refractivity contribution >= 4 is 22.9 Å². The number of halogens is 1. The van der Waals surface area contributed by atoms with E-state index >= 15 is 0 Å². The van der Waals surface area contributed by atoms with E-state index in [0.717, 1.165) is 10.9 Å². The van der Waals surface area contributed by atoms with Crippen molar-refractivity contribution in [3.63, 3.8) is 0 Å². The summed E-state index contributed by atoms with van der Waals surface area (Å²) in [6, 6.07) is 5.20. The van der Waals surface area contributed by atoms with Gasteiger partial charge in [-0.3, -0.25) is 0 Å². The highest BCUT2D eigenvalue weighted by atomic mass is 35.5. The molecule has 1 aliphatic heterocycles. The molecule has 0 saturated carbocycles. The standard InChI is InChI=1S/C13H21ClN2S/c1-10(12-6-7-13(14)17-12)15-9-11-5-3-4-8-16(11)2/h6-7,10-11,15H,3-5,8-9H2,1-2H3. The number of rotatable bonds is 4. The topological polar surface area (TPSA) is 15.3 Å². The zero-order valence-corrected chi connectivity index (χ0v) is 12.2. The van der Waals surface area contributed by atoms with E-state index in [1.165, 1.54) is 30.7 Å². The molecule has 0 aromatic carbocycles. The van der Waals surface area contributed by atoms with E-state index in [1.54, 1.807) is 11.3 Å². The zero-order chi connectivity index (χ0) is 12.3. The Labute approximate surface area is 113 Å². The van der Waals surface area contributed by atoms with Crippen molar-refractivity contribution in [2.45, 2.75) is 38.3 Å². The van der Waals surface area contributed by atoms with Crippen LogP contribution in [0.15, 0.2) is 12.1 Å². The van der Waals surface area contributed by atoms with Gasteiger partial charge >= 0.3 is 0 Å². The lowest BCUT2D eigenvalue weighted by Gasteiger charge is -2.33. The van der Waals surface area contributed by atoms with E-state index in [9.17, 15) is 0 Å². The van der Waals surface area contributed by atoms with E-state index in [4.69, 9.17) is 11.6 Å². The third-order valence-electron chi connectivity index (χ3n) is 3.60. The van der Waals surface area contributed by atoms with Crippen LogP contribution >= 0.6 is 22.9 Å². The van der Waals surface area contributed by atoms with Crippen molar-refractivity contribution in [1.29, 1.82) is 0 Å². The van der Waals surface area contributed by atoms with Gasteiger partial charge in [-0.05, 0) is 45.5 Å². The van der Waals surface area contributed by atoms with Crippen LogP contribution in [0.5, 0.6) is 0 Å². The molecule has 0 spiro atoms. The average Bonchev–Trinajstić information content (AvgIpc) is 2.74. The Balaban J connectivity index is 1.81.